The summed E-state index contributed by atoms with van der Waals surface area (Å²) in [6.07, 6.45) is 1.77. The van der Waals surface area contributed by atoms with Crippen molar-refractivity contribution in [2.45, 2.75) is 24.8 Å². The fraction of sp³-hybridized carbons (Fsp3) is 0.192. The lowest BCUT2D eigenvalue weighted by Crippen LogP contribution is -2.43. The van der Waals surface area contributed by atoms with E-state index in [1.807, 2.05) is 60.7 Å². The summed E-state index contributed by atoms with van der Waals surface area (Å²) in [5.74, 6) is -0.443. The van der Waals surface area contributed by atoms with Gasteiger partial charge in [-0.1, -0.05) is 77.8 Å². The summed E-state index contributed by atoms with van der Waals surface area (Å²) in [5.41, 5.74) is 1.56. The third-order valence-electron chi connectivity index (χ3n) is 5.36. The van der Waals surface area contributed by atoms with Gasteiger partial charge in [0.1, 0.15) is 11.9 Å². The van der Waals surface area contributed by atoms with Gasteiger partial charge in [0.15, 0.2) is 5.84 Å². The second-order valence-corrected chi connectivity index (χ2v) is 8.53. The van der Waals surface area contributed by atoms with Gasteiger partial charge in [0.25, 0.3) is 5.79 Å². The van der Waals surface area contributed by atoms with E-state index in [-0.39, 0.29) is 6.61 Å². The Labute approximate surface area is 207 Å². The first-order valence-electron chi connectivity index (χ1n) is 10.7. The number of amidine groups is 1. The highest BCUT2D eigenvalue weighted by Crippen LogP contribution is 2.42. The number of rotatable bonds is 8. The summed E-state index contributed by atoms with van der Waals surface area (Å²) in [6, 6.07) is 24.4. The summed E-state index contributed by atoms with van der Waals surface area (Å²) >= 11 is 12.7. The number of hydrogen-bond acceptors (Lipinski definition) is 5. The normalized spacial score (nSPS) is 22.3. The van der Waals surface area contributed by atoms with Gasteiger partial charge in [-0.15, -0.1) is 0 Å². The van der Waals surface area contributed by atoms with E-state index in [2.05, 4.69) is 10.3 Å². The Morgan fingerprint density at radius 2 is 1.74 bits per heavy atom. The van der Waals surface area contributed by atoms with Crippen LogP contribution in [0.2, 0.25) is 10.0 Å². The third kappa shape index (κ3) is 4.82. The van der Waals surface area contributed by atoms with E-state index in [4.69, 9.17) is 42.1 Å². The smallest absolute Gasteiger partial charge is 0.260 e. The van der Waals surface area contributed by atoms with Crippen LogP contribution in [0.1, 0.15) is 11.1 Å². The molecule has 0 aliphatic carbocycles. The van der Waals surface area contributed by atoms with Crippen LogP contribution in [0.15, 0.2) is 96.3 Å². The average molecular weight is 496 g/mol. The minimum absolute atomic E-state index is 0.166. The van der Waals surface area contributed by atoms with Crippen molar-refractivity contribution in [3.8, 4) is 5.75 Å². The van der Waals surface area contributed by atoms with Gasteiger partial charge in [-0.2, -0.15) is 0 Å². The largest absolute Gasteiger partial charge is 0.462 e. The highest BCUT2D eigenvalue weighted by Gasteiger charge is 2.53. The molecule has 2 heterocycles. The first-order valence-corrected chi connectivity index (χ1v) is 11.5. The SMILES string of the molecule is Clc1ccc([C@]2(C3=NC=C[N]3)OC[C@@H](C(OCc3ccccc3)Oc3ccccc3)O2)c(Cl)c1. The maximum absolute atomic E-state index is 6.55. The van der Waals surface area contributed by atoms with Gasteiger partial charge in [0.05, 0.1) is 18.2 Å². The lowest BCUT2D eigenvalue weighted by Gasteiger charge is -2.30. The molecular weight excluding hydrogens is 475 g/mol. The summed E-state index contributed by atoms with van der Waals surface area (Å²) in [7, 11) is 0. The molecule has 0 spiro atoms. The first kappa shape index (κ1) is 22.9. The molecule has 3 atom stereocenters. The molecule has 5 rings (SSSR count). The monoisotopic (exact) mass is 495 g/mol. The molecule has 34 heavy (non-hydrogen) atoms. The van der Waals surface area contributed by atoms with Gasteiger partial charge in [-0.25, -0.2) is 10.3 Å². The number of nitrogens with zero attached hydrogens (tertiary/aromatic N) is 2. The Morgan fingerprint density at radius 1 is 0.971 bits per heavy atom. The van der Waals surface area contributed by atoms with Crippen molar-refractivity contribution in [2.24, 2.45) is 4.99 Å². The Bertz CT molecular complexity index is 1190. The molecule has 3 aromatic rings. The van der Waals surface area contributed by atoms with Crippen molar-refractivity contribution in [2.75, 3.05) is 6.61 Å². The van der Waals surface area contributed by atoms with Gasteiger partial charge in [0, 0.05) is 23.0 Å². The lowest BCUT2D eigenvalue weighted by atomic mass is 10.0. The predicted molar refractivity (Wildman–Crippen MR) is 130 cm³/mol. The fourth-order valence-corrected chi connectivity index (χ4v) is 4.30. The van der Waals surface area contributed by atoms with Crippen molar-refractivity contribution in [3.63, 3.8) is 0 Å². The molecule has 3 aromatic carbocycles. The molecule has 0 N–H and O–H groups in total. The Morgan fingerprint density at radius 3 is 2.44 bits per heavy atom. The zero-order valence-corrected chi connectivity index (χ0v) is 19.5. The summed E-state index contributed by atoms with van der Waals surface area (Å²) < 4.78 is 25.1. The van der Waals surface area contributed by atoms with Gasteiger partial charge in [0.2, 0.25) is 6.29 Å². The van der Waals surface area contributed by atoms with Gasteiger partial charge in [-0.3, -0.25) is 0 Å². The molecule has 1 fully saturated rings. The van der Waals surface area contributed by atoms with Gasteiger partial charge < -0.3 is 18.9 Å². The van der Waals surface area contributed by atoms with Crippen LogP contribution < -0.4 is 10.1 Å². The van der Waals surface area contributed by atoms with Crippen molar-refractivity contribution in [3.05, 3.63) is 112 Å². The number of para-hydroxylation sites is 1. The highest BCUT2D eigenvalue weighted by molar-refractivity contribution is 6.35. The number of aliphatic imine (C=N–C) groups is 1. The van der Waals surface area contributed by atoms with Crippen LogP contribution in [0, 0.1) is 0 Å². The van der Waals surface area contributed by atoms with Crippen molar-refractivity contribution in [1.82, 2.24) is 5.32 Å². The first-order chi connectivity index (χ1) is 16.6. The summed E-state index contributed by atoms with van der Waals surface area (Å²) in [5, 5.41) is 5.22. The van der Waals surface area contributed by atoms with Crippen LogP contribution >= 0.6 is 23.2 Å². The predicted octanol–water partition coefficient (Wildman–Crippen LogP) is 5.67. The molecule has 0 amide bonds. The number of benzene rings is 3. The van der Waals surface area contributed by atoms with Crippen LogP contribution in [0.3, 0.4) is 0 Å². The average Bonchev–Trinajstić information content (AvgIpc) is 3.55. The van der Waals surface area contributed by atoms with Crippen LogP contribution in [0.5, 0.6) is 5.75 Å². The van der Waals surface area contributed by atoms with Gasteiger partial charge in [-0.05, 0) is 29.8 Å². The zero-order chi connectivity index (χ0) is 23.4. The molecule has 2 aliphatic heterocycles. The third-order valence-corrected chi connectivity index (χ3v) is 5.91. The van der Waals surface area contributed by atoms with E-state index in [1.165, 1.54) is 0 Å². The Kier molecular flexibility index (Phi) is 6.85. The van der Waals surface area contributed by atoms with E-state index < -0.39 is 18.2 Å². The lowest BCUT2D eigenvalue weighted by molar-refractivity contribution is -0.187. The maximum atomic E-state index is 6.55. The molecule has 1 saturated heterocycles. The molecule has 1 unspecified atom stereocenters. The molecule has 8 heteroatoms. The fourth-order valence-electron chi connectivity index (χ4n) is 3.76. The number of ether oxygens (including phenoxy) is 4. The summed E-state index contributed by atoms with van der Waals surface area (Å²) in [4.78, 5) is 4.35. The topological polar surface area (TPSA) is 63.4 Å². The van der Waals surface area contributed by atoms with E-state index in [9.17, 15) is 0 Å². The van der Waals surface area contributed by atoms with E-state index >= 15 is 0 Å². The Balaban J connectivity index is 1.44. The molecule has 173 valence electrons. The van der Waals surface area contributed by atoms with Crippen LogP contribution in [-0.2, 0) is 26.6 Å². The van der Waals surface area contributed by atoms with E-state index in [1.54, 1.807) is 30.6 Å². The molecule has 0 bridgehead atoms. The van der Waals surface area contributed by atoms with Crippen molar-refractivity contribution >= 4 is 29.0 Å². The molecular formula is C26H21Cl2N2O4. The highest BCUT2D eigenvalue weighted by atomic mass is 35.5. The molecule has 2 aliphatic rings. The van der Waals surface area contributed by atoms with Crippen molar-refractivity contribution < 1.29 is 18.9 Å². The Hall–Kier alpha value is -2.87. The molecule has 6 nitrogen and oxygen atoms in total. The molecule has 1 radical (unpaired) electrons. The second kappa shape index (κ2) is 10.2. The van der Waals surface area contributed by atoms with E-state index in [0.29, 0.717) is 33.8 Å². The van der Waals surface area contributed by atoms with Crippen LogP contribution in [-0.4, -0.2) is 24.8 Å². The van der Waals surface area contributed by atoms with Crippen molar-refractivity contribution in [1.29, 1.82) is 0 Å². The summed E-state index contributed by atoms with van der Waals surface area (Å²) in [6.45, 7) is 0.500. The van der Waals surface area contributed by atoms with Crippen LogP contribution in [0.25, 0.3) is 0 Å². The molecule has 0 saturated carbocycles. The second-order valence-electron chi connectivity index (χ2n) is 7.68. The molecule has 0 aromatic heterocycles. The van der Waals surface area contributed by atoms with Crippen LogP contribution in [0.4, 0.5) is 0 Å². The van der Waals surface area contributed by atoms with E-state index in [0.717, 1.165) is 5.56 Å². The number of halogens is 2. The zero-order valence-electron chi connectivity index (χ0n) is 18.0. The quantitative estimate of drug-likeness (QED) is 0.377. The minimum atomic E-state index is -1.43. The minimum Gasteiger partial charge on any atom is -0.462 e. The van der Waals surface area contributed by atoms with Gasteiger partial charge >= 0.3 is 0 Å². The maximum Gasteiger partial charge on any atom is 0.260 e. The standard InChI is InChI=1S/C26H21Cl2N2O4/c27-19-11-12-21(22(28)15-19)26(25-29-13-14-30-25)32-17-23(34-26)24(33-20-9-5-2-6-10-20)31-16-18-7-3-1-4-8-18/h1-15,23-24H,16-17H2/t23-,24?,26-/m0/s1. The number of hydrogen-bond donors (Lipinski definition) is 0.